The van der Waals surface area contributed by atoms with Gasteiger partial charge in [-0.1, -0.05) is 0 Å². The summed E-state index contributed by atoms with van der Waals surface area (Å²) in [5, 5.41) is 0. The molecule has 0 aromatic rings. The predicted octanol–water partition coefficient (Wildman–Crippen LogP) is 2.35. The smallest absolute Gasteiger partial charge is 0.0884 e. The Hall–Kier alpha value is -0.500. The molecule has 0 fully saturated rings. The molecule has 2 heteroatoms. The molecule has 0 amide bonds. The summed E-state index contributed by atoms with van der Waals surface area (Å²) in [6.07, 6.45) is 5.50. The molecule has 0 saturated carbocycles. The first-order valence-electron chi connectivity index (χ1n) is 4.01. The first-order valence-corrected chi connectivity index (χ1v) is 4.01. The third-order valence-corrected chi connectivity index (χ3v) is 1.56. The van der Waals surface area contributed by atoms with E-state index < -0.39 is 0 Å². The van der Waals surface area contributed by atoms with Gasteiger partial charge in [0.2, 0.25) is 0 Å². The van der Waals surface area contributed by atoms with Gasteiger partial charge in [0, 0.05) is 13.7 Å². The Bertz CT molecular complexity index is 108. The molecule has 2 nitrogen and oxygen atoms in total. The molecule has 0 bridgehead atoms. The normalized spacial score (nSPS) is 11.7. The average Bonchev–Trinajstić information content (AvgIpc) is 2.04. The maximum atomic E-state index is 4.99. The Balaban J connectivity index is 3.12. The number of hydrogen-bond acceptors (Lipinski definition) is 2. The van der Waals surface area contributed by atoms with Crippen molar-refractivity contribution >= 4 is 0 Å². The van der Waals surface area contributed by atoms with Gasteiger partial charge in [0.25, 0.3) is 0 Å². The van der Waals surface area contributed by atoms with Gasteiger partial charge in [-0.15, -0.1) is 0 Å². The van der Waals surface area contributed by atoms with Crippen LogP contribution in [0.5, 0.6) is 0 Å². The minimum Gasteiger partial charge on any atom is -0.502 e. The van der Waals surface area contributed by atoms with Gasteiger partial charge in [-0.05, 0) is 32.3 Å². The first kappa shape index (κ1) is 10.5. The maximum absolute atomic E-state index is 4.99. The summed E-state index contributed by atoms with van der Waals surface area (Å²) >= 11 is 0. The highest BCUT2D eigenvalue weighted by atomic mass is 16.5. The van der Waals surface area contributed by atoms with Gasteiger partial charge >= 0.3 is 0 Å². The van der Waals surface area contributed by atoms with Crippen LogP contribution in [-0.4, -0.2) is 20.8 Å². The number of hydrogen-bond donors (Lipinski definition) is 0. The molecule has 0 aromatic carbocycles. The van der Waals surface area contributed by atoms with E-state index in [1.54, 1.807) is 14.2 Å². The second kappa shape index (κ2) is 7.61. The number of rotatable bonds is 6. The topological polar surface area (TPSA) is 18.5 Å². The van der Waals surface area contributed by atoms with Gasteiger partial charge in [-0.2, -0.15) is 0 Å². The highest BCUT2D eigenvalue weighted by Gasteiger charge is 1.86. The molecule has 0 N–H and O–H groups in total. The minimum absolute atomic E-state index is 0.861. The lowest BCUT2D eigenvalue weighted by molar-refractivity contribution is 0.193. The zero-order chi connectivity index (χ0) is 8.53. The van der Waals surface area contributed by atoms with Crippen molar-refractivity contribution in [3.05, 3.63) is 11.8 Å². The lowest BCUT2D eigenvalue weighted by atomic mass is 10.2. The average molecular weight is 158 g/mol. The third kappa shape index (κ3) is 7.40. The Morgan fingerprint density at radius 3 is 2.55 bits per heavy atom. The van der Waals surface area contributed by atoms with Gasteiger partial charge in [-0.25, -0.2) is 0 Å². The minimum atomic E-state index is 0.861. The van der Waals surface area contributed by atoms with Crippen LogP contribution in [0.2, 0.25) is 0 Å². The van der Waals surface area contributed by atoms with Crippen molar-refractivity contribution in [1.29, 1.82) is 0 Å². The van der Waals surface area contributed by atoms with Crippen LogP contribution in [-0.2, 0) is 9.47 Å². The molecule has 66 valence electrons. The Kier molecular flexibility index (Phi) is 7.26. The zero-order valence-electron chi connectivity index (χ0n) is 7.72. The van der Waals surface area contributed by atoms with E-state index >= 15 is 0 Å². The van der Waals surface area contributed by atoms with E-state index in [2.05, 4.69) is 6.08 Å². The Morgan fingerprint density at radius 2 is 2.00 bits per heavy atom. The van der Waals surface area contributed by atoms with Crippen LogP contribution in [0.1, 0.15) is 26.2 Å². The van der Waals surface area contributed by atoms with Crippen LogP contribution < -0.4 is 0 Å². The van der Waals surface area contributed by atoms with Crippen LogP contribution in [0.25, 0.3) is 0 Å². The van der Waals surface area contributed by atoms with Crippen LogP contribution >= 0.6 is 0 Å². The van der Waals surface area contributed by atoms with E-state index in [1.807, 2.05) is 6.92 Å². The summed E-state index contributed by atoms with van der Waals surface area (Å²) in [5.74, 6) is 1.00. The molecule has 0 rings (SSSR count). The number of ether oxygens (including phenoxy) is 2. The fraction of sp³-hybridized carbons (Fsp3) is 0.778. The van der Waals surface area contributed by atoms with Gasteiger partial charge < -0.3 is 9.47 Å². The zero-order valence-corrected chi connectivity index (χ0v) is 7.72. The molecule has 0 radical (unpaired) electrons. The number of allylic oxidation sites excluding steroid dienone is 2. The number of methoxy groups -OCH3 is 2. The van der Waals surface area contributed by atoms with Crippen LogP contribution in [0.4, 0.5) is 0 Å². The standard InChI is InChI=1S/C9H18O2/c1-9(11-3)7-5-4-6-8-10-2/h7H,4-6,8H2,1-3H3. The van der Waals surface area contributed by atoms with Crippen LogP contribution in [0.3, 0.4) is 0 Å². The van der Waals surface area contributed by atoms with E-state index in [9.17, 15) is 0 Å². The molecule has 0 aliphatic heterocycles. The van der Waals surface area contributed by atoms with Crippen molar-refractivity contribution in [3.63, 3.8) is 0 Å². The molecule has 0 aliphatic rings. The summed E-state index contributed by atoms with van der Waals surface area (Å²) in [5.41, 5.74) is 0. The molecule has 0 atom stereocenters. The van der Waals surface area contributed by atoms with E-state index in [4.69, 9.17) is 9.47 Å². The monoisotopic (exact) mass is 158 g/mol. The fourth-order valence-electron chi connectivity index (χ4n) is 0.779. The fourth-order valence-corrected chi connectivity index (χ4v) is 0.779. The quantitative estimate of drug-likeness (QED) is 0.436. The van der Waals surface area contributed by atoms with E-state index in [-0.39, 0.29) is 0 Å². The maximum Gasteiger partial charge on any atom is 0.0884 e. The molecular formula is C9H18O2. The molecule has 0 aliphatic carbocycles. The van der Waals surface area contributed by atoms with Crippen molar-refractivity contribution in [3.8, 4) is 0 Å². The van der Waals surface area contributed by atoms with Gasteiger partial charge in [0.05, 0.1) is 12.9 Å². The summed E-state index contributed by atoms with van der Waals surface area (Å²) in [6, 6.07) is 0. The lowest BCUT2D eigenvalue weighted by Gasteiger charge is -1.98. The summed E-state index contributed by atoms with van der Waals surface area (Å²) in [6.45, 7) is 2.83. The first-order chi connectivity index (χ1) is 5.31. The molecule has 0 heterocycles. The highest BCUT2D eigenvalue weighted by molar-refractivity contribution is 4.87. The second-order valence-electron chi connectivity index (χ2n) is 2.51. The molecule has 0 aromatic heterocycles. The van der Waals surface area contributed by atoms with Crippen LogP contribution in [0, 0.1) is 0 Å². The van der Waals surface area contributed by atoms with Crippen LogP contribution in [0.15, 0.2) is 11.8 Å². The van der Waals surface area contributed by atoms with E-state index in [0.717, 1.165) is 25.2 Å². The summed E-state index contributed by atoms with van der Waals surface area (Å²) in [4.78, 5) is 0. The molecule has 0 saturated heterocycles. The third-order valence-electron chi connectivity index (χ3n) is 1.56. The second-order valence-corrected chi connectivity index (χ2v) is 2.51. The Labute approximate surface area is 69.2 Å². The highest BCUT2D eigenvalue weighted by Crippen LogP contribution is 2.01. The van der Waals surface area contributed by atoms with Crippen molar-refractivity contribution in [1.82, 2.24) is 0 Å². The Morgan fingerprint density at radius 1 is 1.27 bits per heavy atom. The lowest BCUT2D eigenvalue weighted by Crippen LogP contribution is -1.87. The van der Waals surface area contributed by atoms with Gasteiger partial charge in [-0.3, -0.25) is 0 Å². The largest absolute Gasteiger partial charge is 0.502 e. The molecule has 11 heavy (non-hydrogen) atoms. The van der Waals surface area contributed by atoms with Crippen molar-refractivity contribution in [2.45, 2.75) is 26.2 Å². The number of unbranched alkanes of at least 4 members (excludes halogenated alkanes) is 2. The summed E-state index contributed by atoms with van der Waals surface area (Å²) in [7, 11) is 3.43. The summed E-state index contributed by atoms with van der Waals surface area (Å²) < 4.78 is 9.91. The van der Waals surface area contributed by atoms with Gasteiger partial charge in [0.1, 0.15) is 0 Å². The van der Waals surface area contributed by atoms with Crippen molar-refractivity contribution < 1.29 is 9.47 Å². The molecule has 0 spiro atoms. The van der Waals surface area contributed by atoms with Gasteiger partial charge in [0.15, 0.2) is 0 Å². The van der Waals surface area contributed by atoms with Crippen molar-refractivity contribution in [2.24, 2.45) is 0 Å². The predicted molar refractivity (Wildman–Crippen MR) is 46.5 cm³/mol. The van der Waals surface area contributed by atoms with E-state index in [0.29, 0.717) is 0 Å². The van der Waals surface area contributed by atoms with E-state index in [1.165, 1.54) is 6.42 Å². The SMILES string of the molecule is COCCCCC=C(C)OC. The molecular weight excluding hydrogens is 140 g/mol. The van der Waals surface area contributed by atoms with Crippen molar-refractivity contribution in [2.75, 3.05) is 20.8 Å². The molecule has 0 unspecified atom stereocenters.